The Morgan fingerprint density at radius 2 is 1.82 bits per heavy atom. The molecule has 206 valence electrons. The van der Waals surface area contributed by atoms with Gasteiger partial charge in [-0.05, 0) is 74.3 Å². The smallest absolute Gasteiger partial charge is 0.335 e. The van der Waals surface area contributed by atoms with E-state index >= 15 is 4.39 Å². The molecule has 0 unspecified atom stereocenters. The van der Waals surface area contributed by atoms with E-state index in [0.717, 1.165) is 0 Å². The van der Waals surface area contributed by atoms with Crippen molar-refractivity contribution in [1.82, 2.24) is 0 Å². The summed E-state index contributed by atoms with van der Waals surface area (Å²) < 4.78 is 22.6. The molecule has 7 nitrogen and oxygen atoms in total. The van der Waals surface area contributed by atoms with Gasteiger partial charge in [-0.1, -0.05) is 44.6 Å². The number of ether oxygens (including phenoxy) is 1. The number of fused-ring (bicyclic) bond motifs is 1. The van der Waals surface area contributed by atoms with E-state index in [1.165, 1.54) is 24.3 Å². The van der Waals surface area contributed by atoms with Crippen LogP contribution >= 0.6 is 0 Å². The standard InChI is InChI=1S/C30H37FO7/c1-5-21-13-23(32)10-11-27(21,3)29(31)14-22-12-18(2)30(37,28(22,4)15-24(29)33)25(34)17-38-16-19-6-8-20(9-7-19)26(35)36/h6-11,13,18,22,24,33,37H,5,12,14-17H2,1-4H3,(H,35,36)/t18-,22+,24+,27+,28+,29+,30+/m1/s1. The Kier molecular flexibility index (Phi) is 7.31. The van der Waals surface area contributed by atoms with E-state index in [9.17, 15) is 24.6 Å². The molecule has 0 saturated heterocycles. The molecule has 0 radical (unpaired) electrons. The molecule has 1 aromatic carbocycles. The SMILES string of the molecule is CCC1=CC(=O)C=C[C@]1(C)[C@]1(F)C[C@@H]2C[C@@H](C)[C@](O)(C(=O)COCc3ccc(C(=O)O)cc3)[C@@]2(C)C[C@@H]1O. The van der Waals surface area contributed by atoms with Crippen molar-refractivity contribution in [3.63, 3.8) is 0 Å². The zero-order valence-electron chi connectivity index (χ0n) is 22.4. The molecule has 0 aromatic heterocycles. The van der Waals surface area contributed by atoms with Gasteiger partial charge in [0.2, 0.25) is 0 Å². The van der Waals surface area contributed by atoms with Gasteiger partial charge >= 0.3 is 5.97 Å². The number of benzene rings is 1. The summed E-state index contributed by atoms with van der Waals surface area (Å²) in [7, 11) is 0. The quantitative estimate of drug-likeness (QED) is 0.462. The van der Waals surface area contributed by atoms with Crippen molar-refractivity contribution in [3.8, 4) is 0 Å². The molecule has 38 heavy (non-hydrogen) atoms. The van der Waals surface area contributed by atoms with E-state index in [1.54, 1.807) is 39.0 Å². The highest BCUT2D eigenvalue weighted by molar-refractivity contribution is 6.01. The van der Waals surface area contributed by atoms with E-state index in [2.05, 4.69) is 0 Å². The number of aromatic carboxylic acids is 1. The summed E-state index contributed by atoms with van der Waals surface area (Å²) in [5.41, 5.74) is -4.67. The number of rotatable bonds is 8. The maximum absolute atomic E-state index is 17.0. The van der Waals surface area contributed by atoms with Crippen molar-refractivity contribution >= 4 is 17.5 Å². The summed E-state index contributed by atoms with van der Waals surface area (Å²) in [5.74, 6) is -2.60. The van der Waals surface area contributed by atoms with Gasteiger partial charge in [-0.3, -0.25) is 9.59 Å². The number of carbonyl (C=O) groups is 3. The Morgan fingerprint density at radius 3 is 2.42 bits per heavy atom. The lowest BCUT2D eigenvalue weighted by Crippen LogP contribution is -2.64. The van der Waals surface area contributed by atoms with Gasteiger partial charge in [-0.15, -0.1) is 0 Å². The zero-order chi connectivity index (χ0) is 28.1. The molecule has 2 saturated carbocycles. The minimum Gasteiger partial charge on any atom is -0.478 e. The highest BCUT2D eigenvalue weighted by atomic mass is 19.1. The second-order valence-corrected chi connectivity index (χ2v) is 11.7. The first-order valence-electron chi connectivity index (χ1n) is 13.2. The molecule has 3 aliphatic carbocycles. The normalized spacial score (nSPS) is 38.6. The number of aliphatic hydroxyl groups excluding tert-OH is 1. The number of alkyl halides is 1. The predicted octanol–water partition coefficient (Wildman–Crippen LogP) is 4.21. The van der Waals surface area contributed by atoms with Crippen LogP contribution in [-0.2, 0) is 20.9 Å². The van der Waals surface area contributed by atoms with Crippen LogP contribution < -0.4 is 0 Å². The number of ketones is 2. The van der Waals surface area contributed by atoms with Crippen molar-refractivity contribution in [3.05, 3.63) is 59.2 Å². The van der Waals surface area contributed by atoms with Gasteiger partial charge in [-0.2, -0.15) is 0 Å². The molecule has 2 fully saturated rings. The molecule has 7 atom stereocenters. The fourth-order valence-corrected chi connectivity index (χ4v) is 7.29. The van der Waals surface area contributed by atoms with Crippen LogP contribution in [0.1, 0.15) is 69.3 Å². The number of allylic oxidation sites excluding steroid dienone is 4. The summed E-state index contributed by atoms with van der Waals surface area (Å²) in [6.45, 7) is 6.79. The lowest BCUT2D eigenvalue weighted by molar-refractivity contribution is -0.191. The summed E-state index contributed by atoms with van der Waals surface area (Å²) in [6.07, 6.45) is 3.63. The molecule has 0 heterocycles. The van der Waals surface area contributed by atoms with Gasteiger partial charge < -0.3 is 20.1 Å². The monoisotopic (exact) mass is 528 g/mol. The van der Waals surface area contributed by atoms with Gasteiger partial charge in [0.05, 0.1) is 18.3 Å². The molecule has 8 heteroatoms. The van der Waals surface area contributed by atoms with Crippen molar-refractivity contribution in [2.24, 2.45) is 22.7 Å². The van der Waals surface area contributed by atoms with E-state index in [-0.39, 0.29) is 43.3 Å². The Labute approximate surface area is 222 Å². The van der Waals surface area contributed by atoms with Crippen molar-refractivity contribution in [1.29, 1.82) is 0 Å². The van der Waals surface area contributed by atoms with Gasteiger partial charge in [0.15, 0.2) is 11.6 Å². The average molecular weight is 529 g/mol. The van der Waals surface area contributed by atoms with Gasteiger partial charge in [-0.25, -0.2) is 9.18 Å². The fraction of sp³-hybridized carbons (Fsp3) is 0.567. The lowest BCUT2D eigenvalue weighted by atomic mass is 9.51. The fourth-order valence-electron chi connectivity index (χ4n) is 7.29. The second kappa shape index (κ2) is 9.81. The molecule has 3 N–H and O–H groups in total. The Hall–Kier alpha value is -2.68. The Balaban J connectivity index is 1.52. The predicted molar refractivity (Wildman–Crippen MR) is 138 cm³/mol. The number of aliphatic hydroxyl groups is 2. The molecule has 0 aliphatic heterocycles. The van der Waals surface area contributed by atoms with Crippen molar-refractivity contribution in [2.45, 2.75) is 77.4 Å². The third kappa shape index (κ3) is 4.17. The average Bonchev–Trinajstić information content (AvgIpc) is 3.06. The number of halogens is 1. The molecular weight excluding hydrogens is 491 g/mol. The Bertz CT molecular complexity index is 1190. The highest BCUT2D eigenvalue weighted by Crippen LogP contribution is 2.66. The van der Waals surface area contributed by atoms with Gasteiger partial charge in [0.1, 0.15) is 17.9 Å². The number of carbonyl (C=O) groups excluding carboxylic acids is 2. The number of carboxylic acid groups (broad SMARTS) is 1. The third-order valence-electron chi connectivity index (χ3n) is 9.75. The molecule has 4 rings (SSSR count). The first kappa shape index (κ1) is 28.3. The van der Waals surface area contributed by atoms with Crippen molar-refractivity contribution < 1.29 is 38.8 Å². The van der Waals surface area contributed by atoms with E-state index in [4.69, 9.17) is 9.84 Å². The van der Waals surface area contributed by atoms with Gasteiger partial charge in [0.25, 0.3) is 0 Å². The number of hydrogen-bond acceptors (Lipinski definition) is 6. The third-order valence-corrected chi connectivity index (χ3v) is 9.75. The number of hydrogen-bond donors (Lipinski definition) is 3. The zero-order valence-corrected chi connectivity index (χ0v) is 22.4. The summed E-state index contributed by atoms with van der Waals surface area (Å²) in [6, 6.07) is 6.10. The number of Topliss-reactive ketones (excluding diaryl/α,β-unsaturated/α-hetero) is 1. The van der Waals surface area contributed by atoms with Crippen LogP contribution in [0.2, 0.25) is 0 Å². The van der Waals surface area contributed by atoms with Crippen LogP contribution in [0.4, 0.5) is 4.39 Å². The molecule has 1 aromatic rings. The summed E-state index contributed by atoms with van der Waals surface area (Å²) in [4.78, 5) is 36.5. The molecule has 3 aliphatic rings. The Morgan fingerprint density at radius 1 is 1.16 bits per heavy atom. The first-order chi connectivity index (χ1) is 17.7. The molecule has 0 amide bonds. The van der Waals surface area contributed by atoms with Crippen LogP contribution in [0.25, 0.3) is 0 Å². The lowest BCUT2D eigenvalue weighted by Gasteiger charge is -2.56. The van der Waals surface area contributed by atoms with E-state index in [0.29, 0.717) is 24.0 Å². The molecule has 0 bridgehead atoms. The highest BCUT2D eigenvalue weighted by Gasteiger charge is 2.71. The summed E-state index contributed by atoms with van der Waals surface area (Å²) >= 11 is 0. The molecular formula is C30H37FO7. The molecule has 0 spiro atoms. The van der Waals surface area contributed by atoms with Gasteiger partial charge in [0, 0.05) is 10.8 Å². The van der Waals surface area contributed by atoms with Crippen LogP contribution in [-0.4, -0.2) is 56.8 Å². The topological polar surface area (TPSA) is 121 Å². The maximum Gasteiger partial charge on any atom is 0.335 e. The van der Waals surface area contributed by atoms with Crippen LogP contribution in [0.3, 0.4) is 0 Å². The van der Waals surface area contributed by atoms with Crippen LogP contribution in [0.15, 0.2) is 48.1 Å². The summed E-state index contributed by atoms with van der Waals surface area (Å²) in [5, 5.41) is 32.2. The van der Waals surface area contributed by atoms with E-state index in [1.807, 2.05) is 6.92 Å². The van der Waals surface area contributed by atoms with E-state index < -0.39 is 45.9 Å². The maximum atomic E-state index is 17.0. The van der Waals surface area contributed by atoms with Crippen LogP contribution in [0.5, 0.6) is 0 Å². The second-order valence-electron chi connectivity index (χ2n) is 11.7. The number of carboxylic acids is 1. The first-order valence-corrected chi connectivity index (χ1v) is 13.2. The van der Waals surface area contributed by atoms with Crippen molar-refractivity contribution in [2.75, 3.05) is 6.61 Å². The minimum absolute atomic E-state index is 0.0479. The van der Waals surface area contributed by atoms with Crippen LogP contribution in [0, 0.1) is 22.7 Å². The minimum atomic E-state index is -2.07. The largest absolute Gasteiger partial charge is 0.478 e.